The van der Waals surface area contributed by atoms with E-state index in [4.69, 9.17) is 9.47 Å². The summed E-state index contributed by atoms with van der Waals surface area (Å²) in [6.07, 6.45) is 6.68. The van der Waals surface area contributed by atoms with Crippen LogP contribution in [0.2, 0.25) is 0 Å². The van der Waals surface area contributed by atoms with Gasteiger partial charge in [-0.3, -0.25) is 19.2 Å². The van der Waals surface area contributed by atoms with E-state index in [2.05, 4.69) is 36.1 Å². The largest absolute Gasteiger partial charge is 0.458 e. The van der Waals surface area contributed by atoms with Crippen LogP contribution >= 0.6 is 0 Å². The molecule has 0 spiro atoms. The number of hydrogen-bond donors (Lipinski definition) is 0. The Labute approximate surface area is 230 Å². The Balaban J connectivity index is 1.66. The maximum atomic E-state index is 13.8. The minimum Gasteiger partial charge on any atom is -0.458 e. The first-order valence-corrected chi connectivity index (χ1v) is 14.1. The first kappa shape index (κ1) is 27.4. The van der Waals surface area contributed by atoms with Gasteiger partial charge in [-0.25, -0.2) is 0 Å². The smallest absolute Gasteiger partial charge is 0.303 e. The second kappa shape index (κ2) is 10.1. The number of benzene rings is 1. The van der Waals surface area contributed by atoms with Crippen LogP contribution < -0.4 is 4.90 Å². The summed E-state index contributed by atoms with van der Waals surface area (Å²) in [5.74, 6) is -0.785. The van der Waals surface area contributed by atoms with Crippen LogP contribution in [-0.2, 0) is 28.7 Å². The molecule has 5 atom stereocenters. The molecule has 4 aliphatic carbocycles. The zero-order valence-electron chi connectivity index (χ0n) is 23.7. The van der Waals surface area contributed by atoms with Crippen molar-refractivity contribution in [3.63, 3.8) is 0 Å². The number of nitrogens with zero attached hydrogens (tertiary/aromatic N) is 1. The number of allylic oxidation sites excluding steroid dienone is 4. The summed E-state index contributed by atoms with van der Waals surface area (Å²) in [5, 5.41) is 0. The average molecular weight is 534 g/mol. The lowest BCUT2D eigenvalue weighted by atomic mass is 9.50. The maximum absolute atomic E-state index is 13.8. The molecule has 0 aromatic heterocycles. The molecular weight excluding hydrogens is 494 g/mol. The number of ether oxygens (including phenoxy) is 2. The van der Waals surface area contributed by atoms with Crippen molar-refractivity contribution in [2.24, 2.45) is 17.3 Å². The lowest BCUT2D eigenvalue weighted by Gasteiger charge is -2.55. The summed E-state index contributed by atoms with van der Waals surface area (Å²) in [6, 6.07) is 8.58. The topological polar surface area (TPSA) is 90.0 Å². The number of rotatable bonds is 6. The number of carbonyl (C=O) groups is 4. The summed E-state index contributed by atoms with van der Waals surface area (Å²) >= 11 is 0. The van der Waals surface area contributed by atoms with Gasteiger partial charge in [-0.1, -0.05) is 24.6 Å². The number of ketones is 2. The highest BCUT2D eigenvalue weighted by Gasteiger charge is 2.68. The van der Waals surface area contributed by atoms with Gasteiger partial charge >= 0.3 is 11.9 Å². The minimum absolute atomic E-state index is 0.0222. The van der Waals surface area contributed by atoms with E-state index in [0.29, 0.717) is 19.3 Å². The second-order valence-electron chi connectivity index (χ2n) is 12.1. The number of fused-ring (bicyclic) bond motifs is 4. The third-order valence-electron chi connectivity index (χ3n) is 9.84. The van der Waals surface area contributed by atoms with Crippen LogP contribution in [0.1, 0.15) is 77.2 Å². The van der Waals surface area contributed by atoms with Crippen LogP contribution in [0.15, 0.2) is 47.1 Å². The van der Waals surface area contributed by atoms with Crippen molar-refractivity contribution >= 4 is 29.2 Å². The summed E-state index contributed by atoms with van der Waals surface area (Å²) in [7, 11) is 4.03. The van der Waals surface area contributed by atoms with Crippen LogP contribution in [0, 0.1) is 17.3 Å². The number of anilines is 1. The molecule has 7 nitrogen and oxygen atoms in total. The molecule has 2 unspecified atom stereocenters. The number of carbonyl (C=O) groups excluding carboxylic acids is 4. The highest BCUT2D eigenvalue weighted by Crippen LogP contribution is 2.67. The first-order valence-electron chi connectivity index (χ1n) is 14.1. The molecule has 2 saturated carbocycles. The van der Waals surface area contributed by atoms with Crippen molar-refractivity contribution in [1.29, 1.82) is 0 Å². The molecule has 1 aromatic rings. The van der Waals surface area contributed by atoms with Gasteiger partial charge in [0, 0.05) is 51.4 Å². The van der Waals surface area contributed by atoms with Gasteiger partial charge in [0.25, 0.3) is 0 Å². The van der Waals surface area contributed by atoms with Crippen LogP contribution in [0.25, 0.3) is 0 Å². The lowest BCUT2D eigenvalue weighted by molar-refractivity contribution is -0.186. The molecule has 4 aliphatic rings. The molecule has 0 bridgehead atoms. The highest BCUT2D eigenvalue weighted by molar-refractivity contribution is 5.94. The molecule has 5 rings (SSSR count). The molecule has 0 amide bonds. The zero-order valence-corrected chi connectivity index (χ0v) is 23.7. The fourth-order valence-corrected chi connectivity index (χ4v) is 8.16. The van der Waals surface area contributed by atoms with E-state index in [1.807, 2.05) is 20.2 Å². The predicted octanol–water partition coefficient (Wildman–Crippen LogP) is 5.09. The van der Waals surface area contributed by atoms with Crippen LogP contribution in [0.3, 0.4) is 0 Å². The van der Waals surface area contributed by atoms with Gasteiger partial charge in [-0.15, -0.1) is 0 Å². The molecule has 1 aromatic carbocycles. The molecule has 39 heavy (non-hydrogen) atoms. The van der Waals surface area contributed by atoms with E-state index in [-0.39, 0.29) is 29.3 Å². The fourth-order valence-electron chi connectivity index (χ4n) is 8.16. The average Bonchev–Trinajstić information content (AvgIpc) is 3.18. The number of hydrogen-bond acceptors (Lipinski definition) is 7. The molecule has 0 aliphatic heterocycles. The Morgan fingerprint density at radius 3 is 2.36 bits per heavy atom. The van der Waals surface area contributed by atoms with Gasteiger partial charge in [-0.2, -0.15) is 0 Å². The third kappa shape index (κ3) is 4.53. The van der Waals surface area contributed by atoms with Crippen molar-refractivity contribution in [3.05, 3.63) is 52.6 Å². The van der Waals surface area contributed by atoms with Gasteiger partial charge in [0.15, 0.2) is 18.0 Å². The standard InChI is InChI=1S/C32H39NO6/c1-19(34)38-18-29(37)32(39-20(2)35)15-14-28-26-12-8-22-16-24(36)11-13-25(22)30(26)27(17-31(28,32)3)21-6-9-23(10-7-21)33(4)5/h6-7,9-10,16,26-28H,8,11-15,17-18H2,1-5H3/t26?,27-,28?,31+,32+/m1/s1. The SMILES string of the molecule is CC(=O)OCC(=O)[C@@]1(OC(C)=O)CCC2C3CCC4=CC(=O)CCC4=C3[C@@H](c3ccc(N(C)C)cc3)C[C@@]21C. The van der Waals surface area contributed by atoms with Crippen molar-refractivity contribution in [2.45, 2.75) is 77.2 Å². The molecule has 208 valence electrons. The summed E-state index contributed by atoms with van der Waals surface area (Å²) in [5.41, 5.74) is 4.19. The Morgan fingerprint density at radius 1 is 1.00 bits per heavy atom. The third-order valence-corrected chi connectivity index (χ3v) is 9.84. The second-order valence-corrected chi connectivity index (χ2v) is 12.1. The molecule has 7 heteroatoms. The molecule has 2 fully saturated rings. The lowest BCUT2D eigenvalue weighted by Crippen LogP contribution is -2.58. The van der Waals surface area contributed by atoms with E-state index in [1.54, 1.807) is 0 Å². The van der Waals surface area contributed by atoms with Gasteiger partial charge in [0.2, 0.25) is 5.78 Å². The Kier molecular flexibility index (Phi) is 7.06. The quantitative estimate of drug-likeness (QED) is 0.471. The van der Waals surface area contributed by atoms with Crippen LogP contribution in [-0.4, -0.2) is 49.8 Å². The zero-order chi connectivity index (χ0) is 28.1. The monoisotopic (exact) mass is 533 g/mol. The molecule has 0 N–H and O–H groups in total. The summed E-state index contributed by atoms with van der Waals surface area (Å²) in [4.78, 5) is 52.3. The van der Waals surface area contributed by atoms with E-state index in [1.165, 1.54) is 36.1 Å². The van der Waals surface area contributed by atoms with E-state index in [9.17, 15) is 19.2 Å². The highest BCUT2D eigenvalue weighted by atomic mass is 16.6. The number of Topliss-reactive ketones (excluding diaryl/α,β-unsaturated/α-hetero) is 1. The van der Waals surface area contributed by atoms with Crippen LogP contribution in [0.4, 0.5) is 5.69 Å². The number of esters is 2. The van der Waals surface area contributed by atoms with Crippen molar-refractivity contribution in [1.82, 2.24) is 0 Å². The summed E-state index contributed by atoms with van der Waals surface area (Å²) in [6.45, 7) is 4.33. The van der Waals surface area contributed by atoms with Crippen molar-refractivity contribution < 1.29 is 28.7 Å². The van der Waals surface area contributed by atoms with E-state index >= 15 is 0 Å². The molecule has 0 saturated heterocycles. The van der Waals surface area contributed by atoms with E-state index < -0.39 is 29.6 Å². The van der Waals surface area contributed by atoms with Gasteiger partial charge in [0.1, 0.15) is 0 Å². The molecular formula is C32H39NO6. The molecule has 0 radical (unpaired) electrons. The minimum atomic E-state index is -1.35. The van der Waals surface area contributed by atoms with Gasteiger partial charge in [-0.05, 0) is 85.3 Å². The normalized spacial score (nSPS) is 31.5. The predicted molar refractivity (Wildman–Crippen MR) is 147 cm³/mol. The van der Waals surface area contributed by atoms with E-state index in [0.717, 1.165) is 31.4 Å². The first-order chi connectivity index (χ1) is 18.5. The van der Waals surface area contributed by atoms with Gasteiger partial charge < -0.3 is 14.4 Å². The maximum Gasteiger partial charge on any atom is 0.303 e. The Bertz CT molecular complexity index is 1270. The fraction of sp³-hybridized carbons (Fsp3) is 0.562. The summed E-state index contributed by atoms with van der Waals surface area (Å²) < 4.78 is 11.2. The van der Waals surface area contributed by atoms with Crippen molar-refractivity contribution in [3.8, 4) is 0 Å². The Morgan fingerprint density at radius 2 is 1.72 bits per heavy atom. The Hall–Kier alpha value is -3.22. The van der Waals surface area contributed by atoms with Crippen LogP contribution in [0.5, 0.6) is 0 Å². The van der Waals surface area contributed by atoms with Crippen molar-refractivity contribution in [2.75, 3.05) is 25.6 Å². The van der Waals surface area contributed by atoms with Gasteiger partial charge in [0.05, 0.1) is 0 Å². The molecule has 0 heterocycles.